The summed E-state index contributed by atoms with van der Waals surface area (Å²) in [6.07, 6.45) is 4.20. The predicted octanol–water partition coefficient (Wildman–Crippen LogP) is 8.01. The topological polar surface area (TPSA) is 150 Å². The average molecular weight is 921 g/mol. The second-order valence-electron chi connectivity index (χ2n) is 12.1. The molecule has 4 aromatic rings. The maximum absolute atomic E-state index is 13.1. The highest BCUT2D eigenvalue weighted by atomic mass is 79.9. The Labute approximate surface area is 351 Å². The molecule has 2 aromatic carbocycles. The third-order valence-electron chi connectivity index (χ3n) is 7.99. The summed E-state index contributed by atoms with van der Waals surface area (Å²) in [7, 11) is 3.27. The Morgan fingerprint density at radius 3 is 1.54 bits per heavy atom. The molecule has 14 nitrogen and oxygen atoms in total. The second-order valence-corrected chi connectivity index (χ2v) is 13.9. The molecule has 0 spiro atoms. The number of methoxy groups -OCH3 is 2. The van der Waals surface area contributed by atoms with Gasteiger partial charge in [-0.05, 0) is 99.3 Å². The van der Waals surface area contributed by atoms with Gasteiger partial charge in [0.25, 0.3) is 0 Å². The SMILES string of the molecule is CCOC(=O)c1cc(Nc2cc(Br)cnc2-c2ncc(Br)cc2Nc2ccc(OCCOCCOCCOC)c(CC)c2)ccc1OCCOCCOCCOC. The molecule has 16 heteroatoms. The number of nitrogens with zero attached hydrogens (tertiary/aromatic N) is 2. The zero-order valence-corrected chi connectivity index (χ0v) is 36.1. The first kappa shape index (κ1) is 45.8. The number of carbonyl (C=O) groups is 1. The standard InChI is InChI=1S/C41H52Br2N4O10/c1-5-29-23-32(7-9-37(29)56-21-19-53-17-15-51-13-11-49-3)46-35-24-30(42)27-44-39(35)40-36(25-31(43)28-45-40)47-33-8-10-38(34(26-33)41(48)55-6-2)57-22-20-54-18-16-52-14-12-50-4/h7-10,23-28,46-47H,5-6,11-22H2,1-4H3. The molecule has 0 saturated heterocycles. The minimum Gasteiger partial charge on any atom is -0.491 e. The Morgan fingerprint density at radius 2 is 1.05 bits per heavy atom. The number of anilines is 4. The van der Waals surface area contributed by atoms with Crippen LogP contribution in [0.1, 0.15) is 29.8 Å². The van der Waals surface area contributed by atoms with Crippen molar-refractivity contribution in [1.29, 1.82) is 0 Å². The molecule has 0 amide bonds. The molecule has 0 saturated carbocycles. The number of nitrogens with one attached hydrogen (secondary N) is 2. The van der Waals surface area contributed by atoms with Gasteiger partial charge in [-0.15, -0.1) is 0 Å². The van der Waals surface area contributed by atoms with Crippen molar-refractivity contribution < 1.29 is 47.4 Å². The summed E-state index contributed by atoms with van der Waals surface area (Å²) in [6.45, 7) is 9.47. The Bertz CT molecular complexity index is 1820. The third-order valence-corrected chi connectivity index (χ3v) is 8.85. The summed E-state index contributed by atoms with van der Waals surface area (Å²) < 4.78 is 50.9. The van der Waals surface area contributed by atoms with Crippen molar-refractivity contribution in [2.45, 2.75) is 20.3 Å². The van der Waals surface area contributed by atoms with E-state index < -0.39 is 5.97 Å². The summed E-state index contributed by atoms with van der Waals surface area (Å²) in [5.41, 5.74) is 5.33. The maximum Gasteiger partial charge on any atom is 0.341 e. The van der Waals surface area contributed by atoms with Crippen LogP contribution in [-0.4, -0.2) is 116 Å². The van der Waals surface area contributed by atoms with Gasteiger partial charge in [-0.1, -0.05) is 6.92 Å². The number of esters is 1. The third kappa shape index (κ3) is 15.8. The number of benzene rings is 2. The van der Waals surface area contributed by atoms with Crippen LogP contribution in [0.25, 0.3) is 11.4 Å². The van der Waals surface area contributed by atoms with Crippen LogP contribution in [0.2, 0.25) is 0 Å². The molecule has 0 atom stereocenters. The fraction of sp³-hybridized carbons (Fsp3) is 0.439. The summed E-state index contributed by atoms with van der Waals surface area (Å²) in [6, 6.07) is 15.1. The summed E-state index contributed by atoms with van der Waals surface area (Å²) in [5, 5.41) is 6.97. The van der Waals surface area contributed by atoms with Crippen LogP contribution in [0.5, 0.6) is 11.5 Å². The number of carbonyl (C=O) groups excluding carboxylic acids is 1. The molecule has 310 valence electrons. The van der Waals surface area contributed by atoms with Gasteiger partial charge in [0, 0.05) is 46.9 Å². The number of hydrogen-bond acceptors (Lipinski definition) is 14. The molecule has 2 heterocycles. The lowest BCUT2D eigenvalue weighted by atomic mass is 10.1. The minimum absolute atomic E-state index is 0.212. The van der Waals surface area contributed by atoms with Crippen molar-refractivity contribution in [2.75, 3.05) is 111 Å². The zero-order valence-electron chi connectivity index (χ0n) is 32.9. The molecule has 0 unspecified atom stereocenters. The lowest BCUT2D eigenvalue weighted by molar-refractivity contribution is 0.0178. The molecular formula is C41H52Br2N4O10. The molecule has 0 radical (unpaired) electrons. The number of hydrogen-bond donors (Lipinski definition) is 2. The van der Waals surface area contributed by atoms with Gasteiger partial charge in [-0.25, -0.2) is 4.79 Å². The molecular weight excluding hydrogens is 868 g/mol. The Kier molecular flexibility index (Phi) is 21.1. The Morgan fingerprint density at radius 1 is 0.596 bits per heavy atom. The van der Waals surface area contributed by atoms with Crippen molar-refractivity contribution in [2.24, 2.45) is 0 Å². The first-order valence-corrected chi connectivity index (χ1v) is 20.3. The van der Waals surface area contributed by atoms with E-state index in [-0.39, 0.29) is 18.8 Å². The summed E-state index contributed by atoms with van der Waals surface area (Å²) in [5.74, 6) is 0.666. The largest absolute Gasteiger partial charge is 0.491 e. The van der Waals surface area contributed by atoms with E-state index in [2.05, 4.69) is 55.5 Å². The minimum atomic E-state index is -0.506. The molecule has 0 bridgehead atoms. The predicted molar refractivity (Wildman–Crippen MR) is 226 cm³/mol. The number of ether oxygens (including phenoxy) is 9. The molecule has 57 heavy (non-hydrogen) atoms. The van der Waals surface area contributed by atoms with Crippen molar-refractivity contribution >= 4 is 60.6 Å². The summed E-state index contributed by atoms with van der Waals surface area (Å²) >= 11 is 7.15. The van der Waals surface area contributed by atoms with E-state index in [1.165, 1.54) is 0 Å². The number of aromatic nitrogens is 2. The van der Waals surface area contributed by atoms with Gasteiger partial charge in [0.2, 0.25) is 0 Å². The highest BCUT2D eigenvalue weighted by molar-refractivity contribution is 9.10. The molecule has 0 fully saturated rings. The van der Waals surface area contributed by atoms with Gasteiger partial charge in [-0.2, -0.15) is 0 Å². The van der Waals surface area contributed by atoms with E-state index in [1.807, 2.05) is 30.3 Å². The molecule has 2 aromatic heterocycles. The van der Waals surface area contributed by atoms with E-state index >= 15 is 0 Å². The highest BCUT2D eigenvalue weighted by Crippen LogP contribution is 2.37. The normalized spacial score (nSPS) is 11.1. The first-order chi connectivity index (χ1) is 27.9. The number of rotatable bonds is 28. The van der Waals surface area contributed by atoms with E-state index in [0.29, 0.717) is 101 Å². The van der Waals surface area contributed by atoms with E-state index in [9.17, 15) is 4.79 Å². The van der Waals surface area contributed by atoms with Crippen molar-refractivity contribution in [3.05, 3.63) is 81.0 Å². The quantitative estimate of drug-likeness (QED) is 0.0418. The van der Waals surface area contributed by atoms with Crippen LogP contribution in [0, 0.1) is 0 Å². The fourth-order valence-electron chi connectivity index (χ4n) is 5.28. The van der Waals surface area contributed by atoms with Gasteiger partial charge in [0.1, 0.15) is 41.7 Å². The number of pyridine rings is 2. The van der Waals surface area contributed by atoms with Crippen LogP contribution in [0.15, 0.2) is 69.9 Å². The van der Waals surface area contributed by atoms with E-state index in [0.717, 1.165) is 38.1 Å². The van der Waals surface area contributed by atoms with Crippen molar-refractivity contribution in [3.8, 4) is 22.9 Å². The van der Waals surface area contributed by atoms with Gasteiger partial charge in [-0.3, -0.25) is 9.97 Å². The molecule has 4 rings (SSSR count). The zero-order chi connectivity index (χ0) is 40.7. The maximum atomic E-state index is 13.1. The smallest absolute Gasteiger partial charge is 0.341 e. The number of halogens is 2. The van der Waals surface area contributed by atoms with Crippen LogP contribution in [0.3, 0.4) is 0 Å². The number of aryl methyl sites for hydroxylation is 1. The van der Waals surface area contributed by atoms with Gasteiger partial charge >= 0.3 is 5.97 Å². The fourth-order valence-corrected chi connectivity index (χ4v) is 5.95. The van der Waals surface area contributed by atoms with E-state index in [1.54, 1.807) is 45.7 Å². The van der Waals surface area contributed by atoms with Crippen LogP contribution < -0.4 is 20.1 Å². The molecule has 2 N–H and O–H groups in total. The average Bonchev–Trinajstić information content (AvgIpc) is 3.21. The van der Waals surface area contributed by atoms with Gasteiger partial charge in [0.05, 0.1) is 84.1 Å². The molecule has 0 aliphatic rings. The van der Waals surface area contributed by atoms with E-state index in [4.69, 9.17) is 52.6 Å². The first-order valence-electron chi connectivity index (χ1n) is 18.7. The van der Waals surface area contributed by atoms with Crippen molar-refractivity contribution in [1.82, 2.24) is 9.97 Å². The van der Waals surface area contributed by atoms with Crippen LogP contribution in [-0.2, 0) is 39.6 Å². The Balaban J connectivity index is 1.47. The Hall–Kier alpha value is -3.87. The van der Waals surface area contributed by atoms with Crippen LogP contribution in [0.4, 0.5) is 22.7 Å². The lowest BCUT2D eigenvalue weighted by Gasteiger charge is -2.18. The van der Waals surface area contributed by atoms with Gasteiger partial charge in [0.15, 0.2) is 0 Å². The van der Waals surface area contributed by atoms with Crippen LogP contribution >= 0.6 is 31.9 Å². The second kappa shape index (κ2) is 26.2. The highest BCUT2D eigenvalue weighted by Gasteiger charge is 2.19. The monoisotopic (exact) mass is 918 g/mol. The summed E-state index contributed by atoms with van der Waals surface area (Å²) in [4.78, 5) is 22.6. The lowest BCUT2D eigenvalue weighted by Crippen LogP contribution is -2.14. The van der Waals surface area contributed by atoms with Crippen molar-refractivity contribution in [3.63, 3.8) is 0 Å². The van der Waals surface area contributed by atoms with Gasteiger partial charge < -0.3 is 53.3 Å². The molecule has 0 aliphatic carbocycles. The molecule has 0 aliphatic heterocycles.